The van der Waals surface area contributed by atoms with Crippen LogP contribution in [-0.4, -0.2) is 17.3 Å². The number of hydrogen-bond donors (Lipinski definition) is 0. The molecule has 22 heavy (non-hydrogen) atoms. The molecule has 114 valence electrons. The van der Waals surface area contributed by atoms with Crippen LogP contribution in [0.3, 0.4) is 0 Å². The highest BCUT2D eigenvalue weighted by molar-refractivity contribution is 8.00. The molecule has 0 aliphatic heterocycles. The summed E-state index contributed by atoms with van der Waals surface area (Å²) in [7, 11) is 0. The Morgan fingerprint density at radius 3 is 2.14 bits per heavy atom. The summed E-state index contributed by atoms with van der Waals surface area (Å²) in [6.07, 6.45) is 2.57. The van der Waals surface area contributed by atoms with Crippen molar-refractivity contribution >= 4 is 23.3 Å². The van der Waals surface area contributed by atoms with Gasteiger partial charge >= 0.3 is 0 Å². The van der Waals surface area contributed by atoms with Crippen LogP contribution in [-0.2, 0) is 0 Å². The molecule has 0 bridgehead atoms. The van der Waals surface area contributed by atoms with E-state index < -0.39 is 0 Å². The quantitative estimate of drug-likeness (QED) is 0.506. The van der Waals surface area contributed by atoms with Crippen LogP contribution in [0.15, 0.2) is 59.5 Å². The van der Waals surface area contributed by atoms with Crippen LogP contribution in [0.4, 0.5) is 0 Å². The first-order chi connectivity index (χ1) is 10.7. The van der Waals surface area contributed by atoms with E-state index in [0.717, 1.165) is 28.9 Å². The number of rotatable bonds is 8. The Morgan fingerprint density at radius 1 is 0.864 bits per heavy atom. The number of carbonyl (C=O) groups excluding carboxylic acids is 2. The van der Waals surface area contributed by atoms with Gasteiger partial charge in [0.15, 0.2) is 11.6 Å². The summed E-state index contributed by atoms with van der Waals surface area (Å²) >= 11 is 1.50. The first-order valence-corrected chi connectivity index (χ1v) is 8.53. The first kappa shape index (κ1) is 16.5. The van der Waals surface area contributed by atoms with Crippen LogP contribution >= 0.6 is 11.8 Å². The van der Waals surface area contributed by atoms with Crippen LogP contribution < -0.4 is 0 Å². The molecule has 2 aromatic rings. The van der Waals surface area contributed by atoms with Crippen molar-refractivity contribution in [3.05, 3.63) is 65.7 Å². The molecule has 0 heterocycles. The first-order valence-electron chi connectivity index (χ1n) is 7.55. The van der Waals surface area contributed by atoms with Crippen molar-refractivity contribution < 1.29 is 9.59 Å². The zero-order valence-electron chi connectivity index (χ0n) is 12.7. The van der Waals surface area contributed by atoms with Gasteiger partial charge in [-0.3, -0.25) is 9.59 Å². The molecule has 0 fully saturated rings. The fraction of sp³-hybridized carbons (Fsp3) is 0.263. The molecular weight excluding hydrogens is 292 g/mol. The van der Waals surface area contributed by atoms with Crippen molar-refractivity contribution in [3.63, 3.8) is 0 Å². The van der Waals surface area contributed by atoms with Gasteiger partial charge in [0.25, 0.3) is 0 Å². The van der Waals surface area contributed by atoms with Crippen LogP contribution in [0.2, 0.25) is 0 Å². The number of carbonyl (C=O) groups is 2. The Kier molecular flexibility index (Phi) is 6.41. The number of unbranched alkanes of at least 4 members (excludes halogenated alkanes) is 1. The van der Waals surface area contributed by atoms with E-state index >= 15 is 0 Å². The molecule has 0 aliphatic carbocycles. The smallest absolute Gasteiger partial charge is 0.173 e. The molecule has 0 atom stereocenters. The third-order valence-corrected chi connectivity index (χ3v) is 4.41. The third-order valence-electron chi connectivity index (χ3n) is 3.40. The largest absolute Gasteiger partial charge is 0.294 e. The van der Waals surface area contributed by atoms with Gasteiger partial charge in [0.2, 0.25) is 0 Å². The second-order valence-corrected chi connectivity index (χ2v) is 6.18. The summed E-state index contributed by atoms with van der Waals surface area (Å²) in [5.74, 6) is 0.722. The second kappa shape index (κ2) is 8.54. The standard InChI is InChI=1S/C19H20O2S/c1-2-3-9-18(20)16-10-12-17(13-11-16)22-14-19(21)15-7-5-4-6-8-15/h4-8,10-13H,2-3,9,14H2,1H3. The lowest BCUT2D eigenvalue weighted by Crippen LogP contribution is -2.02. The Balaban J connectivity index is 1.89. The van der Waals surface area contributed by atoms with Crippen molar-refractivity contribution in [1.29, 1.82) is 0 Å². The van der Waals surface area contributed by atoms with Crippen LogP contribution in [0.25, 0.3) is 0 Å². The summed E-state index contributed by atoms with van der Waals surface area (Å²) < 4.78 is 0. The lowest BCUT2D eigenvalue weighted by atomic mass is 10.1. The van der Waals surface area contributed by atoms with E-state index in [1.54, 1.807) is 0 Å². The van der Waals surface area contributed by atoms with Gasteiger partial charge in [-0.2, -0.15) is 0 Å². The van der Waals surface area contributed by atoms with Crippen LogP contribution in [0, 0.1) is 0 Å². The predicted octanol–water partition coefficient (Wildman–Crippen LogP) is 5.03. The Bertz CT molecular complexity index is 618. The molecule has 0 saturated carbocycles. The second-order valence-electron chi connectivity index (χ2n) is 5.13. The van der Waals surface area contributed by atoms with Gasteiger partial charge in [-0.25, -0.2) is 0 Å². The molecule has 2 rings (SSSR count). The number of hydrogen-bond acceptors (Lipinski definition) is 3. The molecule has 3 heteroatoms. The minimum atomic E-state index is 0.119. The minimum absolute atomic E-state index is 0.119. The lowest BCUT2D eigenvalue weighted by Gasteiger charge is -2.04. The normalized spacial score (nSPS) is 10.4. The molecule has 0 unspecified atom stereocenters. The topological polar surface area (TPSA) is 34.1 Å². The van der Waals surface area contributed by atoms with Crippen molar-refractivity contribution in [3.8, 4) is 0 Å². The van der Waals surface area contributed by atoms with Gasteiger partial charge in [0, 0.05) is 22.4 Å². The van der Waals surface area contributed by atoms with E-state index in [0.29, 0.717) is 12.2 Å². The molecule has 0 amide bonds. The van der Waals surface area contributed by atoms with Gasteiger partial charge in [-0.05, 0) is 18.6 Å². The molecular formula is C19H20O2S. The molecule has 0 aliphatic rings. The van der Waals surface area contributed by atoms with Gasteiger partial charge < -0.3 is 0 Å². The number of thioether (sulfide) groups is 1. The van der Waals surface area contributed by atoms with Crippen molar-refractivity contribution in [1.82, 2.24) is 0 Å². The van der Waals surface area contributed by atoms with E-state index in [-0.39, 0.29) is 11.6 Å². The Morgan fingerprint density at radius 2 is 1.50 bits per heavy atom. The number of benzene rings is 2. The van der Waals surface area contributed by atoms with E-state index in [1.165, 1.54) is 11.8 Å². The van der Waals surface area contributed by atoms with E-state index in [4.69, 9.17) is 0 Å². The maximum atomic E-state index is 12.0. The van der Waals surface area contributed by atoms with Gasteiger partial charge in [-0.15, -0.1) is 11.8 Å². The summed E-state index contributed by atoms with van der Waals surface area (Å²) in [5, 5.41) is 0. The fourth-order valence-electron chi connectivity index (χ4n) is 2.07. The molecule has 0 saturated heterocycles. The highest BCUT2D eigenvalue weighted by atomic mass is 32.2. The molecule has 0 aromatic heterocycles. The van der Waals surface area contributed by atoms with Gasteiger partial charge in [-0.1, -0.05) is 55.8 Å². The zero-order valence-corrected chi connectivity index (χ0v) is 13.6. The summed E-state index contributed by atoms with van der Waals surface area (Å²) in [6.45, 7) is 2.08. The summed E-state index contributed by atoms with van der Waals surface area (Å²) in [4.78, 5) is 25.0. The van der Waals surface area contributed by atoms with Crippen molar-refractivity contribution in [2.45, 2.75) is 31.1 Å². The summed E-state index contributed by atoms with van der Waals surface area (Å²) in [5.41, 5.74) is 1.49. The monoisotopic (exact) mass is 312 g/mol. The maximum Gasteiger partial charge on any atom is 0.173 e. The van der Waals surface area contributed by atoms with Crippen LogP contribution in [0.5, 0.6) is 0 Å². The molecule has 2 aromatic carbocycles. The molecule has 0 N–H and O–H groups in total. The highest BCUT2D eigenvalue weighted by Gasteiger charge is 2.08. The van der Waals surface area contributed by atoms with E-state index in [1.807, 2.05) is 54.6 Å². The SMILES string of the molecule is CCCCC(=O)c1ccc(SCC(=O)c2ccccc2)cc1. The van der Waals surface area contributed by atoms with Crippen LogP contribution in [0.1, 0.15) is 46.9 Å². The maximum absolute atomic E-state index is 12.0. The predicted molar refractivity (Wildman–Crippen MR) is 91.8 cm³/mol. The van der Waals surface area contributed by atoms with Gasteiger partial charge in [0.1, 0.15) is 0 Å². The third kappa shape index (κ3) is 4.85. The lowest BCUT2D eigenvalue weighted by molar-refractivity contribution is 0.0978. The summed E-state index contributed by atoms with van der Waals surface area (Å²) in [6, 6.07) is 16.9. The number of Topliss-reactive ketones (excluding diaryl/α,β-unsaturated/α-hetero) is 2. The Hall–Kier alpha value is -1.87. The fourth-order valence-corrected chi connectivity index (χ4v) is 2.87. The molecule has 0 spiro atoms. The van der Waals surface area contributed by atoms with Crippen molar-refractivity contribution in [2.24, 2.45) is 0 Å². The zero-order chi connectivity index (χ0) is 15.8. The average Bonchev–Trinajstić information content (AvgIpc) is 2.58. The van der Waals surface area contributed by atoms with E-state index in [9.17, 15) is 9.59 Å². The minimum Gasteiger partial charge on any atom is -0.294 e. The highest BCUT2D eigenvalue weighted by Crippen LogP contribution is 2.20. The van der Waals surface area contributed by atoms with Gasteiger partial charge in [0.05, 0.1) is 5.75 Å². The van der Waals surface area contributed by atoms with Crippen molar-refractivity contribution in [2.75, 3.05) is 5.75 Å². The average molecular weight is 312 g/mol. The van der Waals surface area contributed by atoms with E-state index in [2.05, 4.69) is 6.92 Å². The molecule has 2 nitrogen and oxygen atoms in total. The molecule has 0 radical (unpaired) electrons. The Labute approximate surface area is 135 Å². The number of ketones is 2.